The summed E-state index contributed by atoms with van der Waals surface area (Å²) in [6.07, 6.45) is 3.38. The predicted octanol–water partition coefficient (Wildman–Crippen LogP) is 3.27. The monoisotopic (exact) mass is 357 g/mol. The molecule has 2 aromatic heterocycles. The van der Waals surface area contributed by atoms with Crippen LogP contribution in [-0.4, -0.2) is 18.6 Å². The topological polar surface area (TPSA) is 85.1 Å². The SMILES string of the molecule is Cc1ccc(C(NS(=O)(=O)c2cnc3onc(C)c3c2)C2CC2)cc1. The quantitative estimate of drug-likeness (QED) is 0.757. The highest BCUT2D eigenvalue weighted by atomic mass is 32.2. The van der Waals surface area contributed by atoms with Crippen molar-refractivity contribution in [2.45, 2.75) is 37.6 Å². The van der Waals surface area contributed by atoms with E-state index in [9.17, 15) is 8.42 Å². The Kier molecular flexibility index (Phi) is 3.85. The molecule has 1 unspecified atom stereocenters. The zero-order valence-electron chi connectivity index (χ0n) is 14.1. The molecule has 1 aliphatic carbocycles. The number of rotatable bonds is 5. The number of aryl methyl sites for hydroxylation is 2. The van der Waals surface area contributed by atoms with E-state index >= 15 is 0 Å². The van der Waals surface area contributed by atoms with E-state index in [0.717, 1.165) is 24.0 Å². The highest BCUT2D eigenvalue weighted by molar-refractivity contribution is 7.89. The van der Waals surface area contributed by atoms with Crippen LogP contribution in [0.4, 0.5) is 0 Å². The molecular weight excluding hydrogens is 338 g/mol. The molecule has 0 bridgehead atoms. The van der Waals surface area contributed by atoms with Gasteiger partial charge in [0.2, 0.25) is 10.0 Å². The standard InChI is InChI=1S/C18H19N3O3S/c1-11-3-5-13(6-4-11)17(14-7-8-14)21-25(22,23)15-9-16-12(2)20-24-18(16)19-10-15/h3-6,9-10,14,17,21H,7-8H2,1-2H3. The Morgan fingerprint density at radius 2 is 1.92 bits per heavy atom. The summed E-state index contributed by atoms with van der Waals surface area (Å²) in [7, 11) is -3.69. The Labute approximate surface area is 146 Å². The Morgan fingerprint density at radius 3 is 2.60 bits per heavy atom. The molecule has 1 saturated carbocycles. The van der Waals surface area contributed by atoms with Crippen molar-refractivity contribution in [2.24, 2.45) is 5.92 Å². The van der Waals surface area contributed by atoms with Crippen molar-refractivity contribution < 1.29 is 12.9 Å². The van der Waals surface area contributed by atoms with E-state index in [2.05, 4.69) is 14.9 Å². The van der Waals surface area contributed by atoms with Gasteiger partial charge in [0.15, 0.2) is 0 Å². The zero-order chi connectivity index (χ0) is 17.6. The molecule has 0 radical (unpaired) electrons. The predicted molar refractivity (Wildman–Crippen MR) is 93.5 cm³/mol. The van der Waals surface area contributed by atoms with Crippen LogP contribution in [0.1, 0.15) is 35.7 Å². The van der Waals surface area contributed by atoms with E-state index in [1.165, 1.54) is 6.20 Å². The molecule has 130 valence electrons. The first-order chi connectivity index (χ1) is 11.9. The van der Waals surface area contributed by atoms with Crippen molar-refractivity contribution >= 4 is 21.1 Å². The van der Waals surface area contributed by atoms with E-state index in [1.54, 1.807) is 13.0 Å². The third-order valence-corrected chi connectivity index (χ3v) is 6.02. The van der Waals surface area contributed by atoms with Gasteiger partial charge in [-0.15, -0.1) is 0 Å². The van der Waals surface area contributed by atoms with Gasteiger partial charge in [-0.25, -0.2) is 18.1 Å². The summed E-state index contributed by atoms with van der Waals surface area (Å²) in [6, 6.07) is 9.35. The molecule has 1 aromatic carbocycles. The van der Waals surface area contributed by atoms with Gasteiger partial charge in [0, 0.05) is 6.04 Å². The van der Waals surface area contributed by atoms with Gasteiger partial charge in [-0.3, -0.25) is 0 Å². The second-order valence-electron chi connectivity index (χ2n) is 6.64. The van der Waals surface area contributed by atoms with Crippen molar-refractivity contribution in [1.29, 1.82) is 0 Å². The van der Waals surface area contributed by atoms with E-state index in [1.807, 2.05) is 31.2 Å². The summed E-state index contributed by atoms with van der Waals surface area (Å²) in [5, 5.41) is 4.43. The summed E-state index contributed by atoms with van der Waals surface area (Å²) in [6.45, 7) is 3.78. The molecule has 0 aliphatic heterocycles. The second-order valence-corrected chi connectivity index (χ2v) is 8.35. The van der Waals surface area contributed by atoms with E-state index in [4.69, 9.17) is 4.52 Å². The summed E-state index contributed by atoms with van der Waals surface area (Å²) in [5.41, 5.74) is 3.11. The largest absolute Gasteiger partial charge is 0.336 e. The third-order valence-electron chi connectivity index (χ3n) is 4.61. The number of fused-ring (bicyclic) bond motifs is 1. The van der Waals surface area contributed by atoms with Gasteiger partial charge in [-0.05, 0) is 44.2 Å². The van der Waals surface area contributed by atoms with Gasteiger partial charge in [-0.1, -0.05) is 35.0 Å². The molecular formula is C18H19N3O3S. The number of hydrogen-bond donors (Lipinski definition) is 1. The molecule has 6 nitrogen and oxygen atoms in total. The summed E-state index contributed by atoms with van der Waals surface area (Å²) >= 11 is 0. The number of pyridine rings is 1. The third kappa shape index (κ3) is 3.17. The van der Waals surface area contributed by atoms with Crippen LogP contribution in [0.3, 0.4) is 0 Å². The van der Waals surface area contributed by atoms with Crippen LogP contribution in [-0.2, 0) is 10.0 Å². The molecule has 25 heavy (non-hydrogen) atoms. The molecule has 3 aromatic rings. The smallest absolute Gasteiger partial charge is 0.257 e. The number of sulfonamides is 1. The highest BCUT2D eigenvalue weighted by Crippen LogP contribution is 2.41. The van der Waals surface area contributed by atoms with Gasteiger partial charge >= 0.3 is 0 Å². The fourth-order valence-electron chi connectivity index (χ4n) is 2.95. The molecule has 2 heterocycles. The van der Waals surface area contributed by atoms with Gasteiger partial charge in [0.1, 0.15) is 4.90 Å². The second kappa shape index (κ2) is 5.93. The van der Waals surface area contributed by atoms with Crippen LogP contribution in [0, 0.1) is 19.8 Å². The molecule has 1 N–H and O–H groups in total. The van der Waals surface area contributed by atoms with Gasteiger partial charge in [-0.2, -0.15) is 0 Å². The highest BCUT2D eigenvalue weighted by Gasteiger charge is 2.35. The Bertz CT molecular complexity index is 1020. The summed E-state index contributed by atoms with van der Waals surface area (Å²) in [4.78, 5) is 4.20. The average molecular weight is 357 g/mol. The molecule has 0 amide bonds. The minimum Gasteiger partial charge on any atom is -0.336 e. The van der Waals surface area contributed by atoms with Crippen molar-refractivity contribution in [3.05, 3.63) is 53.3 Å². The first-order valence-corrected chi connectivity index (χ1v) is 9.73. The molecule has 0 spiro atoms. The Balaban J connectivity index is 1.68. The van der Waals surface area contributed by atoms with E-state index in [-0.39, 0.29) is 10.9 Å². The lowest BCUT2D eigenvalue weighted by atomic mass is 10.0. The maximum Gasteiger partial charge on any atom is 0.257 e. The average Bonchev–Trinajstić information content (AvgIpc) is 3.37. The van der Waals surface area contributed by atoms with Crippen LogP contribution in [0.2, 0.25) is 0 Å². The summed E-state index contributed by atoms with van der Waals surface area (Å²) in [5.74, 6) is 0.339. The van der Waals surface area contributed by atoms with Crippen molar-refractivity contribution in [1.82, 2.24) is 14.9 Å². The molecule has 4 rings (SSSR count). The van der Waals surface area contributed by atoms with Crippen molar-refractivity contribution in [3.63, 3.8) is 0 Å². The van der Waals surface area contributed by atoms with Crippen molar-refractivity contribution in [3.8, 4) is 0 Å². The van der Waals surface area contributed by atoms with Crippen LogP contribution >= 0.6 is 0 Å². The van der Waals surface area contributed by atoms with Gasteiger partial charge < -0.3 is 4.52 Å². The van der Waals surface area contributed by atoms with E-state index in [0.29, 0.717) is 22.7 Å². The van der Waals surface area contributed by atoms with Gasteiger partial charge in [0.25, 0.3) is 5.71 Å². The maximum absolute atomic E-state index is 12.9. The fraction of sp³-hybridized carbons (Fsp3) is 0.333. The molecule has 0 saturated heterocycles. The number of aromatic nitrogens is 2. The zero-order valence-corrected chi connectivity index (χ0v) is 14.9. The Morgan fingerprint density at radius 1 is 1.20 bits per heavy atom. The fourth-order valence-corrected chi connectivity index (χ4v) is 4.21. The molecule has 1 atom stereocenters. The number of nitrogens with one attached hydrogen (secondary N) is 1. The normalized spacial score (nSPS) is 16.2. The van der Waals surface area contributed by atoms with Crippen molar-refractivity contribution in [2.75, 3.05) is 0 Å². The lowest BCUT2D eigenvalue weighted by Crippen LogP contribution is -2.30. The molecule has 1 fully saturated rings. The Hall–Kier alpha value is -2.25. The van der Waals surface area contributed by atoms with Crippen LogP contribution in [0.15, 0.2) is 45.9 Å². The maximum atomic E-state index is 12.9. The molecule has 1 aliphatic rings. The first-order valence-electron chi connectivity index (χ1n) is 8.25. The lowest BCUT2D eigenvalue weighted by molar-refractivity contribution is 0.442. The number of hydrogen-bond acceptors (Lipinski definition) is 5. The summed E-state index contributed by atoms with van der Waals surface area (Å²) < 4.78 is 33.7. The van der Waals surface area contributed by atoms with Crippen LogP contribution in [0.25, 0.3) is 11.1 Å². The minimum absolute atomic E-state index is 0.129. The molecule has 7 heteroatoms. The first kappa shape index (κ1) is 16.2. The minimum atomic E-state index is -3.69. The van der Waals surface area contributed by atoms with E-state index < -0.39 is 10.0 Å². The number of benzene rings is 1. The van der Waals surface area contributed by atoms with Gasteiger partial charge in [0.05, 0.1) is 17.3 Å². The lowest BCUT2D eigenvalue weighted by Gasteiger charge is -2.19. The van der Waals surface area contributed by atoms with Crippen LogP contribution in [0.5, 0.6) is 0 Å². The number of nitrogens with zero attached hydrogens (tertiary/aromatic N) is 2. The van der Waals surface area contributed by atoms with Crippen LogP contribution < -0.4 is 4.72 Å².